The molecule has 0 spiro atoms. The minimum absolute atomic E-state index is 0.191. The van der Waals surface area contributed by atoms with Crippen LogP contribution in [0.3, 0.4) is 0 Å². The van der Waals surface area contributed by atoms with Crippen molar-refractivity contribution in [3.05, 3.63) is 70.8 Å². The molecule has 1 saturated heterocycles. The van der Waals surface area contributed by atoms with Gasteiger partial charge in [-0.1, -0.05) is 54.6 Å². The molecule has 1 atom stereocenters. The molecule has 1 N–H and O–H groups in total. The highest BCUT2D eigenvalue weighted by Gasteiger charge is 2.25. The molecule has 2 aromatic rings. The van der Waals surface area contributed by atoms with Gasteiger partial charge in [0.05, 0.1) is 5.92 Å². The van der Waals surface area contributed by atoms with E-state index >= 15 is 0 Å². The molecule has 0 amide bonds. The fourth-order valence-electron chi connectivity index (χ4n) is 4.45. The molecule has 0 radical (unpaired) electrons. The van der Waals surface area contributed by atoms with E-state index < -0.39 is 5.97 Å². The molecule has 1 heterocycles. The molecule has 0 saturated carbocycles. The van der Waals surface area contributed by atoms with Crippen LogP contribution in [0.15, 0.2) is 48.5 Å². The highest BCUT2D eigenvalue weighted by molar-refractivity contribution is 5.85. The van der Waals surface area contributed by atoms with Gasteiger partial charge < -0.3 is 10.0 Å². The van der Waals surface area contributed by atoms with E-state index in [1.165, 1.54) is 27.8 Å². The van der Waals surface area contributed by atoms with Gasteiger partial charge in [-0.3, -0.25) is 4.79 Å². The number of nitrogens with zero attached hydrogens (tertiary/aromatic N) is 1. The number of hydrogen-bond donors (Lipinski definition) is 1. The van der Waals surface area contributed by atoms with Gasteiger partial charge in [0.25, 0.3) is 0 Å². The van der Waals surface area contributed by atoms with Crippen LogP contribution in [-0.4, -0.2) is 35.6 Å². The molecule has 2 aromatic carbocycles. The lowest BCUT2D eigenvalue weighted by Gasteiger charge is -2.30. The van der Waals surface area contributed by atoms with Crippen molar-refractivity contribution in [1.29, 1.82) is 0 Å². The van der Waals surface area contributed by atoms with E-state index in [-0.39, 0.29) is 5.92 Å². The average molecular weight is 361 g/mol. The van der Waals surface area contributed by atoms with Crippen molar-refractivity contribution in [3.8, 4) is 0 Å². The Morgan fingerprint density at radius 2 is 1.85 bits per heavy atom. The summed E-state index contributed by atoms with van der Waals surface area (Å²) in [5, 5.41) is 9.28. The zero-order valence-electron chi connectivity index (χ0n) is 15.7. The van der Waals surface area contributed by atoms with Gasteiger partial charge in [0, 0.05) is 6.54 Å². The number of allylic oxidation sites excluding steroid dienone is 1. The molecule has 4 rings (SSSR count). The highest BCUT2D eigenvalue weighted by atomic mass is 16.4. The Morgan fingerprint density at radius 3 is 2.70 bits per heavy atom. The number of carboxylic acids is 1. The number of piperidine rings is 1. The van der Waals surface area contributed by atoms with Gasteiger partial charge in [-0.2, -0.15) is 0 Å². The Morgan fingerprint density at radius 1 is 1.07 bits per heavy atom. The molecule has 0 aromatic heterocycles. The van der Waals surface area contributed by atoms with Gasteiger partial charge in [0.2, 0.25) is 0 Å². The van der Waals surface area contributed by atoms with Crippen LogP contribution < -0.4 is 0 Å². The summed E-state index contributed by atoms with van der Waals surface area (Å²) in [7, 11) is 0. The minimum Gasteiger partial charge on any atom is -0.481 e. The Hall–Kier alpha value is -2.39. The van der Waals surface area contributed by atoms with Crippen molar-refractivity contribution >= 4 is 17.6 Å². The van der Waals surface area contributed by atoms with Gasteiger partial charge >= 0.3 is 5.97 Å². The number of aliphatic carboxylic acids is 1. The first kappa shape index (κ1) is 18.0. The molecule has 1 aliphatic carbocycles. The summed E-state index contributed by atoms with van der Waals surface area (Å²) in [5.74, 6) is -0.833. The minimum atomic E-state index is -0.642. The van der Waals surface area contributed by atoms with Crippen LogP contribution in [0.2, 0.25) is 0 Å². The standard InChI is InChI=1S/C24H27NO2/c26-24(27)22-11-6-14-25(17-22)13-5-10-21-16-19-8-2-1-7-18(19)15-20-9-3-4-12-23(20)21/h1-4,7-9,12,16,22H,5-6,10-11,13-15,17H2,(H,26,27). The lowest BCUT2D eigenvalue weighted by Crippen LogP contribution is -2.39. The normalized spacial score (nSPS) is 19.6. The first-order chi connectivity index (χ1) is 13.2. The fraction of sp³-hybridized carbons (Fsp3) is 0.375. The molecule has 140 valence electrons. The second-order valence-electron chi connectivity index (χ2n) is 7.78. The monoisotopic (exact) mass is 361 g/mol. The third-order valence-corrected chi connectivity index (χ3v) is 5.90. The molecular formula is C24H27NO2. The maximum Gasteiger partial charge on any atom is 0.307 e. The molecule has 0 bridgehead atoms. The molecular weight excluding hydrogens is 334 g/mol. The number of rotatable bonds is 5. The van der Waals surface area contributed by atoms with Crippen molar-refractivity contribution in [3.63, 3.8) is 0 Å². The number of carboxylic acid groups (broad SMARTS) is 1. The van der Waals surface area contributed by atoms with E-state index in [1.54, 1.807) is 0 Å². The SMILES string of the molecule is O=C(O)C1CCCN(CCCC2=Cc3ccccc3Cc3ccccc32)C1. The average Bonchev–Trinajstić information content (AvgIpc) is 2.85. The Kier molecular flexibility index (Phi) is 5.40. The van der Waals surface area contributed by atoms with Crippen LogP contribution in [-0.2, 0) is 11.2 Å². The summed E-state index contributed by atoms with van der Waals surface area (Å²) >= 11 is 0. The Balaban J connectivity index is 1.48. The van der Waals surface area contributed by atoms with Crippen molar-refractivity contribution < 1.29 is 9.90 Å². The Labute approximate surface area is 161 Å². The number of hydrogen-bond acceptors (Lipinski definition) is 2. The second kappa shape index (κ2) is 8.10. The van der Waals surface area contributed by atoms with Gasteiger partial charge in [-0.15, -0.1) is 0 Å². The maximum absolute atomic E-state index is 11.3. The van der Waals surface area contributed by atoms with Crippen LogP contribution in [0, 0.1) is 5.92 Å². The zero-order valence-corrected chi connectivity index (χ0v) is 15.7. The predicted molar refractivity (Wildman–Crippen MR) is 110 cm³/mol. The lowest BCUT2D eigenvalue weighted by molar-refractivity contribution is -0.143. The Bertz CT molecular complexity index is 855. The molecule has 2 aliphatic rings. The van der Waals surface area contributed by atoms with E-state index in [0.717, 1.165) is 45.2 Å². The summed E-state index contributed by atoms with van der Waals surface area (Å²) < 4.78 is 0. The smallest absolute Gasteiger partial charge is 0.307 e. The van der Waals surface area contributed by atoms with Crippen molar-refractivity contribution in [1.82, 2.24) is 4.90 Å². The molecule has 3 heteroatoms. The number of likely N-dealkylation sites (tertiary alicyclic amines) is 1. The van der Waals surface area contributed by atoms with Gasteiger partial charge in [0.1, 0.15) is 0 Å². The summed E-state index contributed by atoms with van der Waals surface area (Å²) in [5.41, 5.74) is 6.89. The summed E-state index contributed by atoms with van der Waals surface area (Å²) in [6.45, 7) is 2.71. The third kappa shape index (κ3) is 4.14. The van der Waals surface area contributed by atoms with Gasteiger partial charge in [0.15, 0.2) is 0 Å². The number of carbonyl (C=O) groups is 1. The molecule has 27 heavy (non-hydrogen) atoms. The topological polar surface area (TPSA) is 40.5 Å². The maximum atomic E-state index is 11.3. The first-order valence-electron chi connectivity index (χ1n) is 10.0. The van der Waals surface area contributed by atoms with Gasteiger partial charge in [-0.05, 0) is 73.0 Å². The molecule has 1 fully saturated rings. The van der Waals surface area contributed by atoms with E-state index in [1.807, 2.05) is 0 Å². The lowest BCUT2D eigenvalue weighted by atomic mass is 9.94. The van der Waals surface area contributed by atoms with E-state index in [2.05, 4.69) is 59.5 Å². The van der Waals surface area contributed by atoms with Crippen molar-refractivity contribution in [2.24, 2.45) is 5.92 Å². The van der Waals surface area contributed by atoms with E-state index in [9.17, 15) is 9.90 Å². The van der Waals surface area contributed by atoms with E-state index in [4.69, 9.17) is 0 Å². The van der Waals surface area contributed by atoms with Crippen molar-refractivity contribution in [2.75, 3.05) is 19.6 Å². The fourth-order valence-corrected chi connectivity index (χ4v) is 4.45. The third-order valence-electron chi connectivity index (χ3n) is 5.90. The molecule has 1 aliphatic heterocycles. The van der Waals surface area contributed by atoms with E-state index in [0.29, 0.717) is 6.54 Å². The van der Waals surface area contributed by atoms with Crippen LogP contribution in [0.4, 0.5) is 0 Å². The molecule has 1 unspecified atom stereocenters. The largest absolute Gasteiger partial charge is 0.481 e. The van der Waals surface area contributed by atoms with Crippen LogP contribution >= 0.6 is 0 Å². The van der Waals surface area contributed by atoms with Crippen LogP contribution in [0.5, 0.6) is 0 Å². The molecule has 3 nitrogen and oxygen atoms in total. The summed E-state index contributed by atoms with van der Waals surface area (Å²) in [6.07, 6.45) is 7.25. The number of fused-ring (bicyclic) bond motifs is 2. The van der Waals surface area contributed by atoms with Crippen molar-refractivity contribution in [2.45, 2.75) is 32.1 Å². The first-order valence-corrected chi connectivity index (χ1v) is 10.0. The summed E-state index contributed by atoms with van der Waals surface area (Å²) in [4.78, 5) is 13.6. The van der Waals surface area contributed by atoms with Crippen LogP contribution in [0.1, 0.15) is 47.9 Å². The predicted octanol–water partition coefficient (Wildman–Crippen LogP) is 4.71. The quantitative estimate of drug-likeness (QED) is 0.838. The zero-order chi connectivity index (χ0) is 18.6. The number of benzene rings is 2. The van der Waals surface area contributed by atoms with Crippen LogP contribution in [0.25, 0.3) is 11.6 Å². The van der Waals surface area contributed by atoms with Gasteiger partial charge in [-0.25, -0.2) is 0 Å². The summed E-state index contributed by atoms with van der Waals surface area (Å²) in [6, 6.07) is 17.4. The highest BCUT2D eigenvalue weighted by Crippen LogP contribution is 2.32. The second-order valence-corrected chi connectivity index (χ2v) is 7.78.